The van der Waals surface area contributed by atoms with Crippen LogP contribution < -0.4 is 0 Å². The molecule has 1 heterocycles. The van der Waals surface area contributed by atoms with Crippen LogP contribution in [-0.2, 0) is 11.3 Å². The van der Waals surface area contributed by atoms with E-state index >= 15 is 0 Å². The van der Waals surface area contributed by atoms with E-state index in [9.17, 15) is 10.4 Å². The fraction of sp³-hybridized carbons (Fsp3) is 0.211. The van der Waals surface area contributed by atoms with E-state index in [-0.39, 0.29) is 5.75 Å². The SMILES string of the molecule is COCCn1c(-c2ccccc2O)nnc1C(S)c1ccccc1C#N. The molecule has 0 bridgehead atoms. The van der Waals surface area contributed by atoms with Gasteiger partial charge in [0.15, 0.2) is 11.6 Å². The quantitative estimate of drug-likeness (QED) is 0.655. The van der Waals surface area contributed by atoms with Crippen LogP contribution in [-0.4, -0.2) is 33.6 Å². The Labute approximate surface area is 157 Å². The van der Waals surface area contributed by atoms with Gasteiger partial charge >= 0.3 is 0 Å². The van der Waals surface area contributed by atoms with E-state index in [2.05, 4.69) is 16.3 Å². The van der Waals surface area contributed by atoms with Gasteiger partial charge in [0.25, 0.3) is 0 Å². The predicted molar refractivity (Wildman–Crippen MR) is 101 cm³/mol. The molecule has 0 aliphatic rings. The molecule has 0 aliphatic heterocycles. The van der Waals surface area contributed by atoms with Crippen LogP contribution >= 0.6 is 12.6 Å². The standard InChI is InChI=1S/C19H18N4O2S/c1-25-11-10-23-18(15-8-4-5-9-16(15)24)21-22-19(23)17(26)14-7-3-2-6-13(14)12-20/h2-9,17,24,26H,10-11H2,1H3. The summed E-state index contributed by atoms with van der Waals surface area (Å²) in [6, 6.07) is 16.4. The van der Waals surface area contributed by atoms with E-state index in [1.165, 1.54) is 0 Å². The van der Waals surface area contributed by atoms with E-state index in [0.717, 1.165) is 5.56 Å². The summed E-state index contributed by atoms with van der Waals surface area (Å²) in [5.74, 6) is 1.24. The molecular weight excluding hydrogens is 348 g/mol. The normalized spacial score (nSPS) is 11.9. The molecule has 26 heavy (non-hydrogen) atoms. The van der Waals surface area contributed by atoms with Crippen molar-refractivity contribution in [2.24, 2.45) is 0 Å². The lowest BCUT2D eigenvalue weighted by molar-refractivity contribution is 0.186. The first-order chi connectivity index (χ1) is 12.7. The molecule has 0 amide bonds. The second-order valence-electron chi connectivity index (χ2n) is 5.64. The maximum absolute atomic E-state index is 10.2. The van der Waals surface area contributed by atoms with Gasteiger partial charge in [0.05, 0.1) is 29.1 Å². The van der Waals surface area contributed by atoms with Crippen molar-refractivity contribution in [1.29, 1.82) is 5.26 Å². The van der Waals surface area contributed by atoms with Crippen molar-refractivity contribution in [2.75, 3.05) is 13.7 Å². The van der Waals surface area contributed by atoms with Crippen molar-refractivity contribution < 1.29 is 9.84 Å². The third-order valence-corrected chi connectivity index (χ3v) is 4.57. The molecule has 0 saturated carbocycles. The van der Waals surface area contributed by atoms with Crippen LogP contribution in [0.25, 0.3) is 11.4 Å². The highest BCUT2D eigenvalue weighted by Gasteiger charge is 2.23. The van der Waals surface area contributed by atoms with Gasteiger partial charge in [0, 0.05) is 13.7 Å². The van der Waals surface area contributed by atoms with E-state index in [4.69, 9.17) is 17.4 Å². The van der Waals surface area contributed by atoms with Crippen molar-refractivity contribution >= 4 is 12.6 Å². The summed E-state index contributed by atoms with van der Waals surface area (Å²) in [7, 11) is 1.62. The summed E-state index contributed by atoms with van der Waals surface area (Å²) in [6.45, 7) is 0.945. The molecule has 2 aromatic carbocycles. The number of para-hydroxylation sites is 1. The average molecular weight is 366 g/mol. The number of methoxy groups -OCH3 is 1. The number of aromatic nitrogens is 3. The third kappa shape index (κ3) is 3.43. The Morgan fingerprint density at radius 1 is 1.19 bits per heavy atom. The number of phenols is 1. The largest absolute Gasteiger partial charge is 0.507 e. The van der Waals surface area contributed by atoms with Gasteiger partial charge in [0.2, 0.25) is 0 Å². The number of aromatic hydroxyl groups is 1. The highest BCUT2D eigenvalue weighted by atomic mass is 32.1. The Balaban J connectivity index is 2.10. The summed E-state index contributed by atoms with van der Waals surface area (Å²) in [5.41, 5.74) is 1.88. The molecule has 3 rings (SSSR count). The van der Waals surface area contributed by atoms with Gasteiger partial charge < -0.3 is 14.4 Å². The molecule has 3 aromatic rings. The zero-order chi connectivity index (χ0) is 18.5. The Kier molecular flexibility index (Phi) is 5.56. The molecule has 6 nitrogen and oxygen atoms in total. The van der Waals surface area contributed by atoms with Gasteiger partial charge in [-0.25, -0.2) is 0 Å². The van der Waals surface area contributed by atoms with Crippen LogP contribution in [0.1, 0.15) is 22.2 Å². The summed E-state index contributed by atoms with van der Waals surface area (Å²) in [6.07, 6.45) is 0. The molecular formula is C19H18N4O2S. The third-order valence-electron chi connectivity index (χ3n) is 4.06. The highest BCUT2D eigenvalue weighted by molar-refractivity contribution is 7.80. The lowest BCUT2D eigenvalue weighted by Crippen LogP contribution is -2.12. The van der Waals surface area contributed by atoms with Gasteiger partial charge in [0.1, 0.15) is 5.75 Å². The number of ether oxygens (including phenoxy) is 1. The number of nitrogens with zero attached hydrogens (tertiary/aromatic N) is 4. The molecule has 0 aliphatic carbocycles. The maximum atomic E-state index is 10.2. The van der Waals surface area contributed by atoms with Crippen LogP contribution in [0.15, 0.2) is 48.5 Å². The first kappa shape index (κ1) is 18.0. The lowest BCUT2D eigenvalue weighted by atomic mass is 10.0. The van der Waals surface area contributed by atoms with Crippen molar-refractivity contribution in [3.63, 3.8) is 0 Å². The number of benzene rings is 2. The van der Waals surface area contributed by atoms with Crippen LogP contribution in [0.4, 0.5) is 0 Å². The number of hydrogen-bond acceptors (Lipinski definition) is 6. The van der Waals surface area contributed by atoms with Gasteiger partial charge in [-0.15, -0.1) is 10.2 Å². The van der Waals surface area contributed by atoms with Crippen molar-refractivity contribution in [3.05, 3.63) is 65.5 Å². The van der Waals surface area contributed by atoms with Gasteiger partial charge in [-0.1, -0.05) is 30.3 Å². The van der Waals surface area contributed by atoms with Crippen LogP contribution in [0.5, 0.6) is 5.75 Å². The average Bonchev–Trinajstić information content (AvgIpc) is 3.09. The fourth-order valence-electron chi connectivity index (χ4n) is 2.76. The van der Waals surface area contributed by atoms with Gasteiger partial charge in [-0.05, 0) is 23.8 Å². The molecule has 0 fully saturated rings. The Morgan fingerprint density at radius 2 is 1.92 bits per heavy atom. The molecule has 132 valence electrons. The minimum atomic E-state index is -0.435. The van der Waals surface area contributed by atoms with Crippen LogP contribution in [0, 0.1) is 11.3 Å². The van der Waals surface area contributed by atoms with Crippen molar-refractivity contribution in [1.82, 2.24) is 14.8 Å². The summed E-state index contributed by atoms with van der Waals surface area (Å²) >= 11 is 4.70. The molecule has 1 aromatic heterocycles. The van der Waals surface area contributed by atoms with Crippen molar-refractivity contribution in [3.8, 4) is 23.2 Å². The number of hydrogen-bond donors (Lipinski definition) is 2. The van der Waals surface area contributed by atoms with E-state index < -0.39 is 5.25 Å². The second-order valence-corrected chi connectivity index (χ2v) is 6.16. The predicted octanol–water partition coefficient (Wildman–Crippen LogP) is 3.19. The van der Waals surface area contributed by atoms with E-state index in [1.54, 1.807) is 31.4 Å². The smallest absolute Gasteiger partial charge is 0.167 e. The molecule has 1 unspecified atom stereocenters. The lowest BCUT2D eigenvalue weighted by Gasteiger charge is -2.16. The topological polar surface area (TPSA) is 84.0 Å². The zero-order valence-corrected chi connectivity index (χ0v) is 15.1. The first-order valence-corrected chi connectivity index (χ1v) is 8.56. The molecule has 0 spiro atoms. The van der Waals surface area contributed by atoms with E-state index in [0.29, 0.717) is 35.9 Å². The number of rotatable bonds is 6. The first-order valence-electron chi connectivity index (χ1n) is 8.05. The number of thiol groups is 1. The Morgan fingerprint density at radius 3 is 2.65 bits per heavy atom. The molecule has 7 heteroatoms. The molecule has 1 N–H and O–H groups in total. The maximum Gasteiger partial charge on any atom is 0.167 e. The van der Waals surface area contributed by atoms with Gasteiger partial charge in [-0.2, -0.15) is 17.9 Å². The summed E-state index contributed by atoms with van der Waals surface area (Å²) in [5, 5.41) is 27.7. The molecule has 0 radical (unpaired) electrons. The Bertz CT molecular complexity index is 949. The number of phenolic OH excluding ortho intramolecular Hbond substituents is 1. The molecule has 0 saturated heterocycles. The van der Waals surface area contributed by atoms with Crippen LogP contribution in [0.3, 0.4) is 0 Å². The minimum absolute atomic E-state index is 0.123. The van der Waals surface area contributed by atoms with Crippen LogP contribution in [0.2, 0.25) is 0 Å². The minimum Gasteiger partial charge on any atom is -0.507 e. The van der Waals surface area contributed by atoms with Crippen molar-refractivity contribution in [2.45, 2.75) is 11.8 Å². The zero-order valence-electron chi connectivity index (χ0n) is 14.2. The summed E-state index contributed by atoms with van der Waals surface area (Å²) in [4.78, 5) is 0. The summed E-state index contributed by atoms with van der Waals surface area (Å²) < 4.78 is 7.07. The Hall–Kier alpha value is -2.82. The monoisotopic (exact) mass is 366 g/mol. The molecule has 1 atom stereocenters. The second kappa shape index (κ2) is 8.04. The van der Waals surface area contributed by atoms with Gasteiger partial charge in [-0.3, -0.25) is 0 Å². The van der Waals surface area contributed by atoms with E-state index in [1.807, 2.05) is 28.8 Å². The highest BCUT2D eigenvalue weighted by Crippen LogP contribution is 2.33. The number of nitriles is 1. The fourth-order valence-corrected chi connectivity index (χ4v) is 3.17.